The molecule has 0 aromatic carbocycles. The van der Waals surface area contributed by atoms with E-state index in [-0.39, 0.29) is 6.42 Å². The lowest BCUT2D eigenvalue weighted by Gasteiger charge is -2.19. The summed E-state index contributed by atoms with van der Waals surface area (Å²) in [6.07, 6.45) is -2.92. The molecule has 0 aromatic heterocycles. The lowest BCUT2D eigenvalue weighted by Crippen LogP contribution is -2.17. The van der Waals surface area contributed by atoms with E-state index in [1.807, 2.05) is 0 Å². The topological polar surface area (TPSA) is 0 Å². The number of hydrogen-bond donors (Lipinski definition) is 0. The molecule has 70 valence electrons. The minimum absolute atomic E-state index is 0.219. The lowest BCUT2D eigenvalue weighted by molar-refractivity contribution is -0.142. The Bertz CT molecular complexity index is 170. The minimum atomic E-state index is -4.13. The quantitative estimate of drug-likeness (QED) is 0.431. The third-order valence-electron chi connectivity index (χ3n) is 1.90. The summed E-state index contributed by atoms with van der Waals surface area (Å²) >= 11 is 0. The normalized spacial score (nSPS) is 30.7. The third-order valence-corrected chi connectivity index (χ3v) is 1.90. The van der Waals surface area contributed by atoms with E-state index in [4.69, 9.17) is 0 Å². The van der Waals surface area contributed by atoms with Crippen LogP contribution in [-0.2, 0) is 0 Å². The predicted octanol–water partition coefficient (Wildman–Crippen LogP) is 3.24. The molecule has 0 heterocycles. The van der Waals surface area contributed by atoms with Gasteiger partial charge < -0.3 is 0 Å². The van der Waals surface area contributed by atoms with Crippen molar-refractivity contribution in [2.75, 3.05) is 0 Å². The first kappa shape index (κ1) is 9.55. The Hall–Kier alpha value is -0.540. The van der Waals surface area contributed by atoms with Gasteiger partial charge in [0, 0.05) is 6.42 Å². The van der Waals surface area contributed by atoms with Crippen molar-refractivity contribution in [3.63, 3.8) is 0 Å². The second kappa shape index (κ2) is 3.46. The Balaban J connectivity index is 2.40. The average Bonchev–Trinajstić information content (AvgIpc) is 1.91. The summed E-state index contributed by atoms with van der Waals surface area (Å²) in [4.78, 5) is 0. The van der Waals surface area contributed by atoms with E-state index in [0.29, 0.717) is 6.42 Å². The minimum Gasteiger partial charge on any atom is -0.243 e. The molecule has 0 aliphatic heterocycles. The van der Waals surface area contributed by atoms with Gasteiger partial charge in [-0.15, -0.1) is 0 Å². The summed E-state index contributed by atoms with van der Waals surface area (Å²) in [6.45, 7) is 0. The zero-order valence-electron chi connectivity index (χ0n) is 6.44. The fraction of sp³-hybridized carbons (Fsp3) is 0.750. The van der Waals surface area contributed by atoms with Gasteiger partial charge in [0.05, 0.1) is 0 Å². The Labute approximate surface area is 68.3 Å². The molecule has 0 fully saturated rings. The Kier molecular flexibility index (Phi) is 2.75. The molecule has 0 saturated heterocycles. The van der Waals surface area contributed by atoms with Gasteiger partial charge in [-0.05, 0) is 18.8 Å². The van der Waals surface area contributed by atoms with Crippen molar-refractivity contribution in [3.8, 4) is 0 Å². The van der Waals surface area contributed by atoms with Crippen LogP contribution in [0.4, 0.5) is 17.6 Å². The Morgan fingerprint density at radius 3 is 2.25 bits per heavy atom. The van der Waals surface area contributed by atoms with E-state index in [9.17, 15) is 17.6 Å². The molecule has 2 unspecified atom stereocenters. The molecular formula is C8H10F4. The van der Waals surface area contributed by atoms with Crippen molar-refractivity contribution < 1.29 is 17.6 Å². The maximum Gasteiger partial charge on any atom is 0.389 e. The maximum atomic E-state index is 12.4. The molecule has 0 bridgehead atoms. The molecule has 1 aliphatic carbocycles. The summed E-state index contributed by atoms with van der Waals surface area (Å²) in [5.74, 6) is -0.517. The van der Waals surface area contributed by atoms with Crippen LogP contribution in [0.3, 0.4) is 0 Å². The molecule has 0 aromatic rings. The second-order valence-electron chi connectivity index (χ2n) is 3.06. The summed E-state index contributed by atoms with van der Waals surface area (Å²) in [5, 5.41) is 0. The van der Waals surface area contributed by atoms with E-state index in [0.717, 1.165) is 0 Å². The molecule has 0 N–H and O–H groups in total. The van der Waals surface area contributed by atoms with Crippen LogP contribution in [0, 0.1) is 5.92 Å². The van der Waals surface area contributed by atoms with Crippen LogP contribution in [0.25, 0.3) is 0 Å². The van der Waals surface area contributed by atoms with Crippen LogP contribution in [0.2, 0.25) is 0 Å². The molecule has 12 heavy (non-hydrogen) atoms. The summed E-state index contributed by atoms with van der Waals surface area (Å²) in [7, 11) is 0. The summed E-state index contributed by atoms with van der Waals surface area (Å²) in [5.41, 5.74) is 0. The van der Waals surface area contributed by atoms with Gasteiger partial charge in [0.25, 0.3) is 0 Å². The Morgan fingerprint density at radius 2 is 1.83 bits per heavy atom. The predicted molar refractivity (Wildman–Crippen MR) is 37.4 cm³/mol. The highest BCUT2D eigenvalue weighted by Gasteiger charge is 2.31. The van der Waals surface area contributed by atoms with Gasteiger partial charge in [0.15, 0.2) is 0 Å². The molecule has 0 nitrogen and oxygen atoms in total. The van der Waals surface area contributed by atoms with Gasteiger partial charge in [0.1, 0.15) is 6.17 Å². The first-order chi connectivity index (χ1) is 5.47. The fourth-order valence-corrected chi connectivity index (χ4v) is 1.31. The first-order valence-electron chi connectivity index (χ1n) is 3.86. The lowest BCUT2D eigenvalue weighted by atomic mass is 9.92. The zero-order chi connectivity index (χ0) is 9.19. The number of halogens is 4. The van der Waals surface area contributed by atoms with Crippen LogP contribution < -0.4 is 0 Å². The van der Waals surface area contributed by atoms with Gasteiger partial charge in [-0.3, -0.25) is 0 Å². The summed E-state index contributed by atoms with van der Waals surface area (Å²) in [6, 6.07) is 0. The van der Waals surface area contributed by atoms with Gasteiger partial charge >= 0.3 is 6.18 Å². The number of hydrogen-bond acceptors (Lipinski definition) is 0. The highest BCUT2D eigenvalue weighted by Crippen LogP contribution is 2.31. The molecule has 1 rings (SSSR count). The third kappa shape index (κ3) is 3.24. The SMILES string of the molecule is FC1C=CC(CC(F)(F)F)CC1. The number of alkyl halides is 4. The second-order valence-corrected chi connectivity index (χ2v) is 3.06. The van der Waals surface area contributed by atoms with Crippen LogP contribution in [0.1, 0.15) is 19.3 Å². The van der Waals surface area contributed by atoms with Crippen molar-refractivity contribution in [3.05, 3.63) is 12.2 Å². The first-order valence-corrected chi connectivity index (χ1v) is 3.86. The van der Waals surface area contributed by atoms with Crippen LogP contribution >= 0.6 is 0 Å². The van der Waals surface area contributed by atoms with Crippen molar-refractivity contribution in [2.24, 2.45) is 5.92 Å². The smallest absolute Gasteiger partial charge is 0.243 e. The van der Waals surface area contributed by atoms with E-state index in [1.165, 1.54) is 12.2 Å². The van der Waals surface area contributed by atoms with E-state index in [1.54, 1.807) is 0 Å². The van der Waals surface area contributed by atoms with Gasteiger partial charge in [0.2, 0.25) is 0 Å². The van der Waals surface area contributed by atoms with Crippen molar-refractivity contribution in [1.82, 2.24) is 0 Å². The molecule has 0 spiro atoms. The zero-order valence-corrected chi connectivity index (χ0v) is 6.44. The van der Waals surface area contributed by atoms with Crippen LogP contribution in [0.5, 0.6) is 0 Å². The van der Waals surface area contributed by atoms with Crippen LogP contribution in [-0.4, -0.2) is 12.3 Å². The molecule has 0 saturated carbocycles. The number of allylic oxidation sites excluding steroid dienone is 2. The maximum absolute atomic E-state index is 12.4. The molecule has 0 amide bonds. The van der Waals surface area contributed by atoms with Gasteiger partial charge in [-0.2, -0.15) is 13.2 Å². The highest BCUT2D eigenvalue weighted by molar-refractivity contribution is 4.99. The largest absolute Gasteiger partial charge is 0.389 e. The van der Waals surface area contributed by atoms with Crippen LogP contribution in [0.15, 0.2) is 12.2 Å². The standard InChI is InChI=1S/C8H10F4/c9-7-3-1-6(2-4-7)5-8(10,11)12/h1,3,6-7H,2,4-5H2. The van der Waals surface area contributed by atoms with Gasteiger partial charge in [-0.25, -0.2) is 4.39 Å². The summed E-state index contributed by atoms with van der Waals surface area (Å²) < 4.78 is 47.9. The van der Waals surface area contributed by atoms with E-state index >= 15 is 0 Å². The van der Waals surface area contributed by atoms with Gasteiger partial charge in [-0.1, -0.05) is 12.2 Å². The molecular weight excluding hydrogens is 172 g/mol. The fourth-order valence-electron chi connectivity index (χ4n) is 1.31. The van der Waals surface area contributed by atoms with E-state index in [2.05, 4.69) is 0 Å². The monoisotopic (exact) mass is 182 g/mol. The van der Waals surface area contributed by atoms with E-state index < -0.39 is 24.7 Å². The van der Waals surface area contributed by atoms with Crippen molar-refractivity contribution in [1.29, 1.82) is 0 Å². The highest BCUT2D eigenvalue weighted by atomic mass is 19.4. The molecule has 4 heteroatoms. The molecule has 2 atom stereocenters. The number of rotatable bonds is 1. The van der Waals surface area contributed by atoms with Crippen molar-refractivity contribution in [2.45, 2.75) is 31.6 Å². The molecule has 0 radical (unpaired) electrons. The molecule has 1 aliphatic rings. The van der Waals surface area contributed by atoms with Crippen molar-refractivity contribution >= 4 is 0 Å². The average molecular weight is 182 g/mol. The Morgan fingerprint density at radius 1 is 1.17 bits per heavy atom.